The molecule has 0 radical (unpaired) electrons. The minimum Gasteiger partial charge on any atom is -0.305 e. The van der Waals surface area contributed by atoms with Crippen LogP contribution in [0.3, 0.4) is 0 Å². The molecule has 0 rings (SSSR count). The lowest BCUT2D eigenvalue weighted by Crippen LogP contribution is -2.33. The molecule has 0 atom stereocenters. The number of hydrogen-bond donors (Lipinski definition) is 0. The molecule has 15 heavy (non-hydrogen) atoms. The van der Waals surface area contributed by atoms with Crippen molar-refractivity contribution in [2.45, 2.75) is 33.1 Å². The van der Waals surface area contributed by atoms with Gasteiger partial charge in [-0.2, -0.15) is 0 Å². The Morgan fingerprint density at radius 2 is 1.53 bits per heavy atom. The molecule has 0 saturated heterocycles. The molecule has 0 saturated carbocycles. The first-order valence-electron chi connectivity index (χ1n) is 6.21. The molecular weight excluding hydrogens is 252 g/mol. The van der Waals surface area contributed by atoms with Crippen LogP contribution < -0.4 is 0 Å². The molecule has 3 heteroatoms. The topological polar surface area (TPSA) is 6.48 Å². The van der Waals surface area contributed by atoms with Crippen molar-refractivity contribution in [1.82, 2.24) is 9.80 Å². The van der Waals surface area contributed by atoms with Gasteiger partial charge in [-0.25, -0.2) is 0 Å². The number of likely N-dealkylation sites (N-methyl/N-ethyl adjacent to an activating group) is 2. The van der Waals surface area contributed by atoms with E-state index in [2.05, 4.69) is 46.6 Å². The van der Waals surface area contributed by atoms with E-state index in [0.29, 0.717) is 0 Å². The monoisotopic (exact) mass is 278 g/mol. The fraction of sp³-hybridized carbons (Fsp3) is 1.00. The number of hydrogen-bond acceptors (Lipinski definition) is 2. The summed E-state index contributed by atoms with van der Waals surface area (Å²) < 4.78 is 0. The molecule has 0 N–H and O–H groups in total. The van der Waals surface area contributed by atoms with Crippen LogP contribution >= 0.6 is 15.9 Å². The standard InChI is InChI=1S/C12H27BrN2/c1-4-15(5-2)12-11-14(3)10-8-6-7-9-13/h4-12H2,1-3H3. The highest BCUT2D eigenvalue weighted by atomic mass is 79.9. The summed E-state index contributed by atoms with van der Waals surface area (Å²) in [5.74, 6) is 0. The zero-order valence-electron chi connectivity index (χ0n) is 10.6. The molecule has 92 valence electrons. The third kappa shape index (κ3) is 9.34. The van der Waals surface area contributed by atoms with E-state index < -0.39 is 0 Å². The summed E-state index contributed by atoms with van der Waals surface area (Å²) in [6.45, 7) is 10.5. The first kappa shape index (κ1) is 15.4. The Hall–Kier alpha value is 0.400. The van der Waals surface area contributed by atoms with E-state index in [1.54, 1.807) is 0 Å². The second-order valence-electron chi connectivity index (χ2n) is 4.08. The minimum absolute atomic E-state index is 1.15. The lowest BCUT2D eigenvalue weighted by Gasteiger charge is -2.22. The predicted molar refractivity (Wildman–Crippen MR) is 72.9 cm³/mol. The molecule has 2 nitrogen and oxygen atoms in total. The minimum atomic E-state index is 1.15. The van der Waals surface area contributed by atoms with E-state index in [9.17, 15) is 0 Å². The van der Waals surface area contributed by atoms with Gasteiger partial charge >= 0.3 is 0 Å². The predicted octanol–water partition coefficient (Wildman–Crippen LogP) is 2.83. The van der Waals surface area contributed by atoms with Crippen LogP contribution in [0.4, 0.5) is 0 Å². The highest BCUT2D eigenvalue weighted by Crippen LogP contribution is 2.00. The summed E-state index contributed by atoms with van der Waals surface area (Å²) in [7, 11) is 2.23. The fourth-order valence-corrected chi connectivity index (χ4v) is 2.01. The molecule has 0 aliphatic rings. The van der Waals surface area contributed by atoms with E-state index >= 15 is 0 Å². The normalized spacial score (nSPS) is 11.6. The maximum Gasteiger partial charge on any atom is 0.0109 e. The van der Waals surface area contributed by atoms with Crippen molar-refractivity contribution in [3.05, 3.63) is 0 Å². The lowest BCUT2D eigenvalue weighted by atomic mass is 10.2. The van der Waals surface area contributed by atoms with Crippen LogP contribution in [0.25, 0.3) is 0 Å². The van der Waals surface area contributed by atoms with Gasteiger partial charge in [-0.05, 0) is 39.5 Å². The van der Waals surface area contributed by atoms with Crippen LogP contribution in [0.15, 0.2) is 0 Å². The van der Waals surface area contributed by atoms with Crippen molar-refractivity contribution in [2.24, 2.45) is 0 Å². The van der Waals surface area contributed by atoms with Crippen LogP contribution in [0, 0.1) is 0 Å². The summed E-state index contributed by atoms with van der Waals surface area (Å²) in [6.07, 6.45) is 3.99. The van der Waals surface area contributed by atoms with Crippen molar-refractivity contribution >= 4 is 15.9 Å². The van der Waals surface area contributed by atoms with Gasteiger partial charge in [0.15, 0.2) is 0 Å². The maximum atomic E-state index is 3.46. The fourth-order valence-electron chi connectivity index (χ4n) is 1.62. The van der Waals surface area contributed by atoms with Crippen molar-refractivity contribution in [2.75, 3.05) is 45.1 Å². The van der Waals surface area contributed by atoms with Gasteiger partial charge < -0.3 is 9.80 Å². The second-order valence-corrected chi connectivity index (χ2v) is 4.87. The number of halogens is 1. The van der Waals surface area contributed by atoms with Gasteiger partial charge in [0.05, 0.1) is 0 Å². The lowest BCUT2D eigenvalue weighted by molar-refractivity contribution is 0.238. The van der Waals surface area contributed by atoms with E-state index in [1.165, 1.54) is 52.0 Å². The molecule has 0 fully saturated rings. The second kappa shape index (κ2) is 10.9. The first-order valence-corrected chi connectivity index (χ1v) is 7.33. The van der Waals surface area contributed by atoms with Crippen molar-refractivity contribution in [3.63, 3.8) is 0 Å². The van der Waals surface area contributed by atoms with Crippen molar-refractivity contribution in [1.29, 1.82) is 0 Å². The van der Waals surface area contributed by atoms with Crippen LogP contribution in [-0.2, 0) is 0 Å². The molecule has 0 aromatic rings. The van der Waals surface area contributed by atoms with Crippen molar-refractivity contribution in [3.8, 4) is 0 Å². The van der Waals surface area contributed by atoms with Gasteiger partial charge in [-0.15, -0.1) is 0 Å². The Kier molecular flexibility index (Phi) is 11.2. The zero-order chi connectivity index (χ0) is 11.5. The number of alkyl halides is 1. The van der Waals surface area contributed by atoms with E-state index in [-0.39, 0.29) is 0 Å². The smallest absolute Gasteiger partial charge is 0.0109 e. The van der Waals surface area contributed by atoms with Gasteiger partial charge in [0.25, 0.3) is 0 Å². The van der Waals surface area contributed by atoms with Crippen LogP contribution in [-0.4, -0.2) is 54.9 Å². The third-order valence-corrected chi connectivity index (χ3v) is 3.43. The van der Waals surface area contributed by atoms with Gasteiger partial charge in [0.1, 0.15) is 0 Å². The van der Waals surface area contributed by atoms with Crippen LogP contribution in [0.2, 0.25) is 0 Å². The average Bonchev–Trinajstić information content (AvgIpc) is 2.26. The third-order valence-electron chi connectivity index (χ3n) is 2.87. The quantitative estimate of drug-likeness (QED) is 0.448. The molecule has 0 aromatic carbocycles. The first-order chi connectivity index (χ1) is 7.24. The van der Waals surface area contributed by atoms with E-state index in [0.717, 1.165) is 5.33 Å². The number of nitrogens with zero attached hydrogens (tertiary/aromatic N) is 2. The number of rotatable bonds is 10. The van der Waals surface area contributed by atoms with E-state index in [1.807, 2.05) is 0 Å². The molecule has 0 spiro atoms. The summed E-state index contributed by atoms with van der Waals surface area (Å²) in [6, 6.07) is 0. The molecule has 0 heterocycles. The van der Waals surface area contributed by atoms with Gasteiger partial charge in [-0.3, -0.25) is 0 Å². The highest BCUT2D eigenvalue weighted by Gasteiger charge is 2.02. The Bertz CT molecular complexity index is 127. The summed E-state index contributed by atoms with van der Waals surface area (Å²) in [4.78, 5) is 4.93. The molecule has 0 bridgehead atoms. The molecular formula is C12H27BrN2. The van der Waals surface area contributed by atoms with E-state index in [4.69, 9.17) is 0 Å². The molecule has 0 aromatic heterocycles. The largest absolute Gasteiger partial charge is 0.305 e. The van der Waals surface area contributed by atoms with Gasteiger partial charge in [0.2, 0.25) is 0 Å². The maximum absolute atomic E-state index is 3.46. The molecule has 0 aliphatic heterocycles. The number of unbranched alkanes of at least 4 members (excludes halogenated alkanes) is 2. The summed E-state index contributed by atoms with van der Waals surface area (Å²) in [5.41, 5.74) is 0. The van der Waals surface area contributed by atoms with Crippen LogP contribution in [0.5, 0.6) is 0 Å². The Morgan fingerprint density at radius 3 is 2.07 bits per heavy atom. The Balaban J connectivity index is 3.35. The zero-order valence-corrected chi connectivity index (χ0v) is 12.2. The van der Waals surface area contributed by atoms with Gasteiger partial charge in [-0.1, -0.05) is 36.2 Å². The Morgan fingerprint density at radius 1 is 0.867 bits per heavy atom. The van der Waals surface area contributed by atoms with Gasteiger partial charge in [0, 0.05) is 18.4 Å². The molecule has 0 aliphatic carbocycles. The highest BCUT2D eigenvalue weighted by molar-refractivity contribution is 9.09. The summed E-state index contributed by atoms with van der Waals surface area (Å²) in [5, 5.41) is 1.15. The molecule has 0 amide bonds. The van der Waals surface area contributed by atoms with Crippen molar-refractivity contribution < 1.29 is 0 Å². The molecule has 0 unspecified atom stereocenters. The average molecular weight is 279 g/mol. The van der Waals surface area contributed by atoms with Crippen LogP contribution in [0.1, 0.15) is 33.1 Å². The summed E-state index contributed by atoms with van der Waals surface area (Å²) >= 11 is 3.46. The SMILES string of the molecule is CCN(CC)CCN(C)CCCCCBr. The Labute approximate surface area is 104 Å².